The lowest BCUT2D eigenvalue weighted by molar-refractivity contribution is -0.380. The van der Waals surface area contributed by atoms with Crippen molar-refractivity contribution in [2.24, 2.45) is 0 Å². The Morgan fingerprint density at radius 1 is 1.19 bits per heavy atom. The summed E-state index contributed by atoms with van der Waals surface area (Å²) in [4.78, 5) is 15.2. The zero-order valence-corrected chi connectivity index (χ0v) is 15.2. The van der Waals surface area contributed by atoms with Crippen LogP contribution in [-0.4, -0.2) is 32.6 Å². The van der Waals surface area contributed by atoms with E-state index in [4.69, 9.17) is 0 Å². The number of nitrogens with zero attached hydrogens (tertiary/aromatic N) is 1. The molecule has 0 fully saturated rings. The van der Waals surface area contributed by atoms with Crippen molar-refractivity contribution >= 4 is 19.7 Å². The highest BCUT2D eigenvalue weighted by Crippen LogP contribution is 2.38. The van der Waals surface area contributed by atoms with Gasteiger partial charge in [-0.1, -0.05) is 36.1 Å². The van der Waals surface area contributed by atoms with E-state index < -0.39 is 26.0 Å². The van der Waals surface area contributed by atoms with Crippen LogP contribution in [-0.2, 0) is 9.74 Å². The van der Waals surface area contributed by atoms with Crippen molar-refractivity contribution in [3.05, 3.63) is 54.9 Å². The van der Waals surface area contributed by atoms with E-state index in [1.165, 1.54) is 24.3 Å². The number of carbonyl (C=O) groups excluding carboxylic acids is 1. The number of rotatable bonds is 9. The monoisotopic (exact) mass is 393 g/mol. The summed E-state index contributed by atoms with van der Waals surface area (Å²) >= 11 is 0. The van der Waals surface area contributed by atoms with Crippen LogP contribution in [0.4, 0.5) is 27.8 Å². The summed E-state index contributed by atoms with van der Waals surface area (Å²) < 4.78 is 65.0. The molecule has 1 rings (SSSR count). The van der Waals surface area contributed by atoms with Gasteiger partial charge in [0, 0.05) is 12.2 Å². The first kappa shape index (κ1) is 22.0. The number of halogens is 5. The molecule has 9 heteroatoms. The van der Waals surface area contributed by atoms with Gasteiger partial charge < -0.3 is 4.90 Å². The normalized spacial score (nSPS) is 14.4. The molecule has 1 atom stereocenters. The van der Waals surface area contributed by atoms with Gasteiger partial charge in [0.2, 0.25) is 0 Å². The molecule has 0 aromatic heterocycles. The fourth-order valence-electron chi connectivity index (χ4n) is 2.23. The molecule has 0 aliphatic rings. The third-order valence-electron chi connectivity index (χ3n) is 4.09. The minimum atomic E-state index is -5.86. The van der Waals surface area contributed by atoms with Gasteiger partial charge in [-0.15, -0.1) is 18.1 Å². The van der Waals surface area contributed by atoms with Gasteiger partial charge >= 0.3 is 17.9 Å². The maximum absolute atomic E-state index is 14.0. The van der Waals surface area contributed by atoms with Crippen molar-refractivity contribution in [3.63, 3.8) is 0 Å². The molecular weight excluding hydrogens is 373 g/mol. The average molecular weight is 393 g/mol. The Morgan fingerprint density at radius 3 is 2.15 bits per heavy atom. The zero-order chi connectivity index (χ0) is 20.0. The van der Waals surface area contributed by atoms with Gasteiger partial charge in [0.1, 0.15) is 0 Å². The molecule has 1 unspecified atom stereocenters. The second-order valence-electron chi connectivity index (χ2n) is 5.98. The Kier molecular flexibility index (Phi) is 7.28. The van der Waals surface area contributed by atoms with Crippen molar-refractivity contribution in [1.82, 2.24) is 0 Å². The first-order valence-electron chi connectivity index (χ1n) is 7.74. The van der Waals surface area contributed by atoms with Crippen LogP contribution < -0.4 is 4.90 Å². The molecule has 0 bridgehead atoms. The summed E-state index contributed by atoms with van der Waals surface area (Å²) in [5, 5.41) is 0. The second kappa shape index (κ2) is 8.59. The van der Waals surface area contributed by atoms with E-state index in [-0.39, 0.29) is 18.7 Å². The third kappa shape index (κ3) is 4.79. The molecule has 0 N–H and O–H groups in total. The lowest BCUT2D eigenvalue weighted by atomic mass is 10.2. The molecule has 3 nitrogen and oxygen atoms in total. The average Bonchev–Trinajstić information content (AvgIpc) is 2.63. The fourth-order valence-corrected chi connectivity index (χ4v) is 3.73. The number of carbonyl (C=O) groups is 1. The Hall–Kier alpha value is -2.00. The second-order valence-corrected chi connectivity index (χ2v) is 10.3. The molecule has 144 valence electrons. The molecule has 26 heavy (non-hydrogen) atoms. The number of para-hydroxylation sites is 1. The van der Waals surface area contributed by atoms with Crippen LogP contribution in [0, 0.1) is 0 Å². The van der Waals surface area contributed by atoms with E-state index in [9.17, 15) is 26.9 Å². The summed E-state index contributed by atoms with van der Waals surface area (Å²) in [6, 6.07) is 7.68. The predicted molar refractivity (Wildman–Crippen MR) is 92.3 cm³/mol. The maximum Gasteiger partial charge on any atom is 0.461 e. The number of amides is 1. The molecule has 1 aromatic carbocycles. The molecule has 0 aliphatic carbocycles. The van der Waals surface area contributed by atoms with Crippen LogP contribution in [0.2, 0.25) is 12.6 Å². The lowest BCUT2D eigenvalue weighted by Crippen LogP contribution is -2.56. The fraction of sp³-hybridized carbons (Fsp3) is 0.353. The molecule has 0 saturated heterocycles. The van der Waals surface area contributed by atoms with E-state index in [1.807, 2.05) is 6.55 Å². The van der Waals surface area contributed by atoms with E-state index >= 15 is 0 Å². The quantitative estimate of drug-likeness (QED) is 0.433. The van der Waals surface area contributed by atoms with Crippen molar-refractivity contribution in [2.45, 2.75) is 31.0 Å². The number of benzene rings is 1. The highest BCUT2D eigenvalue weighted by atomic mass is 28.3. The van der Waals surface area contributed by atoms with Crippen LogP contribution in [0.3, 0.4) is 0 Å². The maximum atomic E-state index is 14.0. The SMILES string of the molecule is C=C[Si](C)(C=C)CCCN(C(=O)C(F)(OF)C(F)(F)F)c1ccccc1. The Morgan fingerprint density at radius 2 is 1.73 bits per heavy atom. The van der Waals surface area contributed by atoms with E-state index in [0.29, 0.717) is 10.9 Å². The Balaban J connectivity index is 3.13. The molecule has 0 saturated carbocycles. The van der Waals surface area contributed by atoms with Crippen LogP contribution in [0.25, 0.3) is 0 Å². The predicted octanol–water partition coefficient (Wildman–Crippen LogP) is 5.07. The van der Waals surface area contributed by atoms with Gasteiger partial charge in [0.25, 0.3) is 0 Å². The molecule has 1 aromatic rings. The van der Waals surface area contributed by atoms with Gasteiger partial charge in [-0.3, -0.25) is 4.79 Å². The summed E-state index contributed by atoms with van der Waals surface area (Å²) in [5.41, 5.74) is 3.49. The molecule has 0 radical (unpaired) electrons. The zero-order valence-electron chi connectivity index (χ0n) is 14.2. The topological polar surface area (TPSA) is 29.5 Å². The van der Waals surface area contributed by atoms with Crippen LogP contribution >= 0.6 is 0 Å². The van der Waals surface area contributed by atoms with Gasteiger partial charge in [-0.25, -0.2) is 0 Å². The van der Waals surface area contributed by atoms with Crippen molar-refractivity contribution in [1.29, 1.82) is 0 Å². The van der Waals surface area contributed by atoms with Crippen molar-refractivity contribution in [2.75, 3.05) is 11.4 Å². The first-order valence-corrected chi connectivity index (χ1v) is 10.6. The van der Waals surface area contributed by atoms with E-state index in [1.54, 1.807) is 17.5 Å². The molecule has 0 aliphatic heterocycles. The molecule has 1 amide bonds. The Labute approximate surface area is 149 Å². The number of alkyl halides is 4. The summed E-state index contributed by atoms with van der Waals surface area (Å²) in [6.07, 6.45) is -5.61. The summed E-state index contributed by atoms with van der Waals surface area (Å²) in [6.45, 7) is 9.10. The highest BCUT2D eigenvalue weighted by molar-refractivity contribution is 6.87. The van der Waals surface area contributed by atoms with Crippen molar-refractivity contribution in [3.8, 4) is 0 Å². The van der Waals surface area contributed by atoms with E-state index in [2.05, 4.69) is 18.1 Å². The third-order valence-corrected chi connectivity index (χ3v) is 7.38. The molecule has 0 heterocycles. The summed E-state index contributed by atoms with van der Waals surface area (Å²) in [5.74, 6) is -7.24. The van der Waals surface area contributed by atoms with Crippen LogP contribution in [0.1, 0.15) is 6.42 Å². The minimum absolute atomic E-state index is 0.00130. The Bertz CT molecular complexity index is 630. The first-order chi connectivity index (χ1) is 12.0. The lowest BCUT2D eigenvalue weighted by Gasteiger charge is -2.30. The number of hydrogen-bond acceptors (Lipinski definition) is 2. The van der Waals surface area contributed by atoms with Crippen LogP contribution in [0.5, 0.6) is 0 Å². The highest BCUT2D eigenvalue weighted by Gasteiger charge is 2.66. The summed E-state index contributed by atoms with van der Waals surface area (Å²) in [7, 11) is -2.02. The molecular formula is C17H20F5NO2Si. The standard InChI is InChI=1S/C17H20F5NO2Si/c1-4-26(3,5-2)13-9-12-23(14-10-7-6-8-11-14)15(24)16(18,25-22)17(19,20)21/h4-8,10-11H,1-2,9,12-13H2,3H3. The molecule has 0 spiro atoms. The van der Waals surface area contributed by atoms with E-state index in [0.717, 1.165) is 0 Å². The number of anilines is 1. The van der Waals surface area contributed by atoms with Gasteiger partial charge in [-0.05, 0) is 29.1 Å². The largest absolute Gasteiger partial charge is 0.461 e. The van der Waals surface area contributed by atoms with Crippen molar-refractivity contribution < 1.29 is 31.8 Å². The smallest absolute Gasteiger partial charge is 0.307 e. The number of hydrogen-bond donors (Lipinski definition) is 0. The van der Waals surface area contributed by atoms with Gasteiger partial charge in [-0.2, -0.15) is 17.6 Å². The van der Waals surface area contributed by atoms with Gasteiger partial charge in [0.05, 0.1) is 8.07 Å². The van der Waals surface area contributed by atoms with Crippen LogP contribution in [0.15, 0.2) is 54.9 Å². The minimum Gasteiger partial charge on any atom is -0.307 e. The van der Waals surface area contributed by atoms with Gasteiger partial charge in [0.15, 0.2) is 0 Å².